The van der Waals surface area contributed by atoms with Gasteiger partial charge in [0.1, 0.15) is 5.39 Å². The summed E-state index contributed by atoms with van der Waals surface area (Å²) in [6.45, 7) is 2.42. The molecule has 2 aromatic heterocycles. The molecule has 0 spiro atoms. The van der Waals surface area contributed by atoms with E-state index in [9.17, 15) is 9.59 Å². The van der Waals surface area contributed by atoms with Crippen molar-refractivity contribution in [1.29, 1.82) is 0 Å². The third-order valence-corrected chi connectivity index (χ3v) is 3.49. The molecule has 0 fully saturated rings. The molecule has 1 aromatic carbocycles. The van der Waals surface area contributed by atoms with Crippen molar-refractivity contribution in [3.05, 3.63) is 75.2 Å². The predicted molar refractivity (Wildman–Crippen MR) is 79.4 cm³/mol. The van der Waals surface area contributed by atoms with Crippen molar-refractivity contribution in [2.45, 2.75) is 19.4 Å². The molecule has 106 valence electrons. The summed E-state index contributed by atoms with van der Waals surface area (Å²) >= 11 is 0. The molecule has 2 heterocycles. The van der Waals surface area contributed by atoms with E-state index in [0.29, 0.717) is 17.6 Å². The maximum Gasteiger partial charge on any atom is 0.423 e. The fourth-order valence-corrected chi connectivity index (χ4v) is 2.37. The quantitative estimate of drug-likeness (QED) is 0.738. The first-order valence-corrected chi connectivity index (χ1v) is 6.70. The Labute approximate surface area is 120 Å². The standard InChI is InChI=1S/C16H14N2O3/c1-11(12-6-3-2-4-7-12)10-18-14-13(8-5-9-17-14)15(19)21-16(18)20/h2-9,11H,10H2,1H3. The highest BCUT2D eigenvalue weighted by molar-refractivity contribution is 5.72. The average Bonchev–Trinajstić information content (AvgIpc) is 2.52. The molecule has 0 amide bonds. The van der Waals surface area contributed by atoms with Crippen LogP contribution in [-0.4, -0.2) is 9.55 Å². The van der Waals surface area contributed by atoms with Crippen LogP contribution in [-0.2, 0) is 6.54 Å². The Kier molecular flexibility index (Phi) is 3.39. The maximum absolute atomic E-state index is 12.0. The van der Waals surface area contributed by atoms with Gasteiger partial charge in [-0.3, -0.25) is 4.57 Å². The first-order chi connectivity index (χ1) is 10.2. The fraction of sp³-hybridized carbons (Fsp3) is 0.188. The second-order valence-corrected chi connectivity index (χ2v) is 4.95. The minimum atomic E-state index is -0.672. The highest BCUT2D eigenvalue weighted by Crippen LogP contribution is 2.17. The SMILES string of the molecule is CC(Cn1c(=O)oc(=O)c2cccnc21)c1ccccc1. The van der Waals surface area contributed by atoms with Crippen LogP contribution in [0.2, 0.25) is 0 Å². The van der Waals surface area contributed by atoms with E-state index in [1.807, 2.05) is 37.3 Å². The summed E-state index contributed by atoms with van der Waals surface area (Å²) in [5, 5.41) is 0.317. The summed E-state index contributed by atoms with van der Waals surface area (Å²) in [6.07, 6.45) is 1.56. The number of hydrogen-bond acceptors (Lipinski definition) is 4. The minimum absolute atomic E-state index is 0.0989. The van der Waals surface area contributed by atoms with Crippen molar-refractivity contribution in [3.63, 3.8) is 0 Å². The Balaban J connectivity index is 2.09. The molecule has 3 rings (SSSR count). The van der Waals surface area contributed by atoms with Gasteiger partial charge in [0.2, 0.25) is 0 Å². The maximum atomic E-state index is 12.0. The largest absolute Gasteiger partial charge is 0.423 e. The molecule has 5 nitrogen and oxygen atoms in total. The summed E-state index contributed by atoms with van der Waals surface area (Å²) in [5.74, 6) is -0.573. The minimum Gasteiger partial charge on any atom is -0.372 e. The van der Waals surface area contributed by atoms with E-state index in [1.165, 1.54) is 4.57 Å². The first-order valence-electron chi connectivity index (χ1n) is 6.70. The molecule has 5 heteroatoms. The predicted octanol–water partition coefficient (Wildman–Crippen LogP) is 2.15. The van der Waals surface area contributed by atoms with Gasteiger partial charge in [-0.2, -0.15) is 0 Å². The van der Waals surface area contributed by atoms with E-state index in [4.69, 9.17) is 4.42 Å². The van der Waals surface area contributed by atoms with Crippen LogP contribution in [0.15, 0.2) is 62.7 Å². The van der Waals surface area contributed by atoms with Crippen LogP contribution in [0.25, 0.3) is 11.0 Å². The topological polar surface area (TPSA) is 65.1 Å². The molecule has 21 heavy (non-hydrogen) atoms. The normalized spacial score (nSPS) is 12.4. The van der Waals surface area contributed by atoms with Crippen LogP contribution in [0.1, 0.15) is 18.4 Å². The fourth-order valence-electron chi connectivity index (χ4n) is 2.37. The Morgan fingerprint density at radius 1 is 1.14 bits per heavy atom. The molecule has 0 saturated heterocycles. The number of nitrogens with zero attached hydrogens (tertiary/aromatic N) is 2. The van der Waals surface area contributed by atoms with Crippen molar-refractivity contribution in [2.24, 2.45) is 0 Å². The highest BCUT2D eigenvalue weighted by Gasteiger charge is 2.13. The molecule has 0 aliphatic carbocycles. The Bertz CT molecular complexity index is 881. The lowest BCUT2D eigenvalue weighted by Gasteiger charge is -2.14. The van der Waals surface area contributed by atoms with E-state index in [-0.39, 0.29) is 5.92 Å². The lowest BCUT2D eigenvalue weighted by atomic mass is 10.0. The number of aromatic nitrogens is 2. The number of rotatable bonds is 3. The van der Waals surface area contributed by atoms with Crippen molar-refractivity contribution in [3.8, 4) is 0 Å². The van der Waals surface area contributed by atoms with E-state index in [0.717, 1.165) is 5.56 Å². The molecular weight excluding hydrogens is 268 g/mol. The Hall–Kier alpha value is -2.69. The van der Waals surface area contributed by atoms with Gasteiger partial charge in [-0.1, -0.05) is 37.3 Å². The molecule has 1 unspecified atom stereocenters. The Morgan fingerprint density at radius 3 is 2.67 bits per heavy atom. The van der Waals surface area contributed by atoms with Gasteiger partial charge in [-0.25, -0.2) is 14.6 Å². The van der Waals surface area contributed by atoms with Crippen LogP contribution in [0.3, 0.4) is 0 Å². The summed E-state index contributed by atoms with van der Waals surface area (Å²) in [4.78, 5) is 27.8. The van der Waals surface area contributed by atoms with E-state index < -0.39 is 11.4 Å². The van der Waals surface area contributed by atoms with Gasteiger partial charge >= 0.3 is 11.4 Å². The van der Waals surface area contributed by atoms with Crippen LogP contribution in [0.4, 0.5) is 0 Å². The zero-order valence-electron chi connectivity index (χ0n) is 11.5. The second kappa shape index (κ2) is 5.36. The molecule has 0 aliphatic heterocycles. The van der Waals surface area contributed by atoms with E-state index in [2.05, 4.69) is 4.98 Å². The third-order valence-electron chi connectivity index (χ3n) is 3.49. The molecule has 0 aliphatic rings. The van der Waals surface area contributed by atoms with Crippen LogP contribution < -0.4 is 11.4 Å². The zero-order valence-corrected chi connectivity index (χ0v) is 11.5. The smallest absolute Gasteiger partial charge is 0.372 e. The third kappa shape index (κ3) is 2.50. The molecule has 1 atom stereocenters. The lowest BCUT2D eigenvalue weighted by molar-refractivity contribution is 0.404. The van der Waals surface area contributed by atoms with Crippen molar-refractivity contribution in [1.82, 2.24) is 9.55 Å². The number of benzene rings is 1. The van der Waals surface area contributed by atoms with Crippen molar-refractivity contribution >= 4 is 11.0 Å². The van der Waals surface area contributed by atoms with Crippen LogP contribution in [0.5, 0.6) is 0 Å². The highest BCUT2D eigenvalue weighted by atomic mass is 16.4. The van der Waals surface area contributed by atoms with Gasteiger partial charge in [0.25, 0.3) is 0 Å². The first kappa shape index (κ1) is 13.3. The van der Waals surface area contributed by atoms with Gasteiger partial charge in [0, 0.05) is 12.7 Å². The van der Waals surface area contributed by atoms with E-state index >= 15 is 0 Å². The van der Waals surface area contributed by atoms with Crippen LogP contribution in [0, 0.1) is 0 Å². The number of pyridine rings is 1. The van der Waals surface area contributed by atoms with Crippen LogP contribution >= 0.6 is 0 Å². The van der Waals surface area contributed by atoms with Gasteiger partial charge < -0.3 is 4.42 Å². The van der Waals surface area contributed by atoms with E-state index in [1.54, 1.807) is 18.3 Å². The van der Waals surface area contributed by atoms with Crippen molar-refractivity contribution in [2.75, 3.05) is 0 Å². The van der Waals surface area contributed by atoms with Gasteiger partial charge in [-0.05, 0) is 23.6 Å². The monoisotopic (exact) mass is 282 g/mol. The number of fused-ring (bicyclic) bond motifs is 1. The molecule has 0 bridgehead atoms. The summed E-state index contributed by atoms with van der Waals surface area (Å²) < 4.78 is 6.18. The average molecular weight is 282 g/mol. The summed E-state index contributed by atoms with van der Waals surface area (Å²) in [6, 6.07) is 13.1. The molecular formula is C16H14N2O3. The zero-order chi connectivity index (χ0) is 14.8. The van der Waals surface area contributed by atoms with Gasteiger partial charge in [0.05, 0.1) is 0 Å². The van der Waals surface area contributed by atoms with Gasteiger partial charge in [-0.15, -0.1) is 0 Å². The van der Waals surface area contributed by atoms with Gasteiger partial charge in [0.15, 0.2) is 5.65 Å². The lowest BCUT2D eigenvalue weighted by Crippen LogP contribution is -2.27. The summed E-state index contributed by atoms with van der Waals surface area (Å²) in [5.41, 5.74) is 0.827. The molecule has 3 aromatic rings. The molecule has 0 saturated carbocycles. The number of hydrogen-bond donors (Lipinski definition) is 0. The van der Waals surface area contributed by atoms with Crippen molar-refractivity contribution < 1.29 is 4.42 Å². The molecule has 0 N–H and O–H groups in total. The molecule has 0 radical (unpaired) electrons. The summed E-state index contributed by atoms with van der Waals surface area (Å²) in [7, 11) is 0. The Morgan fingerprint density at radius 2 is 1.90 bits per heavy atom. The second-order valence-electron chi connectivity index (χ2n) is 4.95.